The van der Waals surface area contributed by atoms with E-state index < -0.39 is 0 Å². The Balaban J connectivity index is 2.14. The van der Waals surface area contributed by atoms with Crippen LogP contribution in [0.4, 0.5) is 11.4 Å². The van der Waals surface area contributed by atoms with Crippen LogP contribution < -0.4 is 14.5 Å². The molecule has 1 aliphatic rings. The number of hydrogen-bond donors (Lipinski definition) is 0. The van der Waals surface area contributed by atoms with Gasteiger partial charge in [-0.1, -0.05) is 26.2 Å². The maximum absolute atomic E-state index is 5.99. The second kappa shape index (κ2) is 7.94. The van der Waals surface area contributed by atoms with Crippen molar-refractivity contribution >= 4 is 11.4 Å². The molecule has 1 unspecified atom stereocenters. The van der Waals surface area contributed by atoms with Crippen LogP contribution in [0.15, 0.2) is 18.2 Å². The Morgan fingerprint density at radius 2 is 1.61 bits per heavy atom. The Kier molecular flexibility index (Phi) is 6.20. The van der Waals surface area contributed by atoms with Crippen LogP contribution in [0.3, 0.4) is 0 Å². The minimum atomic E-state index is 0.393. The molecule has 0 radical (unpaired) electrons. The summed E-state index contributed by atoms with van der Waals surface area (Å²) < 4.78 is 5.99. The largest absolute Gasteiger partial charge is 0.494 e. The molecule has 23 heavy (non-hydrogen) atoms. The summed E-state index contributed by atoms with van der Waals surface area (Å²) in [4.78, 5) is 5.00. The molecule has 1 atom stereocenters. The molecule has 0 saturated carbocycles. The van der Waals surface area contributed by atoms with Crippen LogP contribution in [0.5, 0.6) is 5.75 Å². The van der Waals surface area contributed by atoms with Crippen molar-refractivity contribution in [2.45, 2.75) is 85.5 Å². The molecule has 0 saturated heterocycles. The Labute approximate surface area is 142 Å². The molecule has 3 nitrogen and oxygen atoms in total. The number of rotatable bonds is 8. The topological polar surface area (TPSA) is 15.7 Å². The molecular weight excluding hydrogens is 284 g/mol. The first kappa shape index (κ1) is 18.0. The fraction of sp³-hybridized carbons (Fsp3) is 0.700. The third-order valence-electron chi connectivity index (χ3n) is 4.69. The highest BCUT2D eigenvalue weighted by atomic mass is 16.5. The van der Waals surface area contributed by atoms with E-state index in [9.17, 15) is 0 Å². The van der Waals surface area contributed by atoms with Crippen LogP contribution in [-0.4, -0.2) is 24.9 Å². The SMILES string of the molecule is CCCCCCOc1ccc2c(c1)N(C(C)C)C(C)N2C(C)C. The number of nitrogens with zero attached hydrogens (tertiary/aromatic N) is 2. The number of fused-ring (bicyclic) bond motifs is 1. The summed E-state index contributed by atoms with van der Waals surface area (Å²) in [6.45, 7) is 14.4. The smallest absolute Gasteiger partial charge is 0.121 e. The Bertz CT molecular complexity index is 498. The quantitative estimate of drug-likeness (QED) is 0.594. The lowest BCUT2D eigenvalue weighted by molar-refractivity contribution is 0.305. The first-order chi connectivity index (χ1) is 11.0. The average molecular weight is 319 g/mol. The highest BCUT2D eigenvalue weighted by Gasteiger charge is 2.35. The molecule has 1 aromatic rings. The number of anilines is 2. The number of benzene rings is 1. The van der Waals surface area contributed by atoms with Gasteiger partial charge in [0.05, 0.1) is 24.1 Å². The fourth-order valence-electron chi connectivity index (χ4n) is 3.69. The Hall–Kier alpha value is -1.38. The van der Waals surface area contributed by atoms with Crippen LogP contribution in [0, 0.1) is 0 Å². The van der Waals surface area contributed by atoms with Crippen molar-refractivity contribution in [3.63, 3.8) is 0 Å². The van der Waals surface area contributed by atoms with E-state index in [-0.39, 0.29) is 0 Å². The highest BCUT2D eigenvalue weighted by molar-refractivity contribution is 5.79. The van der Waals surface area contributed by atoms with Crippen LogP contribution in [-0.2, 0) is 0 Å². The van der Waals surface area contributed by atoms with Crippen molar-refractivity contribution in [1.29, 1.82) is 0 Å². The van der Waals surface area contributed by atoms with Gasteiger partial charge in [0, 0.05) is 18.2 Å². The molecule has 3 heteroatoms. The van der Waals surface area contributed by atoms with Gasteiger partial charge in [0.1, 0.15) is 5.75 Å². The van der Waals surface area contributed by atoms with E-state index in [0.29, 0.717) is 18.2 Å². The lowest BCUT2D eigenvalue weighted by atomic mass is 10.2. The Morgan fingerprint density at radius 3 is 2.22 bits per heavy atom. The van der Waals surface area contributed by atoms with Crippen molar-refractivity contribution < 1.29 is 4.74 Å². The molecular formula is C20H34N2O. The molecule has 0 aromatic heterocycles. The van der Waals surface area contributed by atoms with Gasteiger partial charge in [-0.3, -0.25) is 0 Å². The second-order valence-corrected chi connectivity index (χ2v) is 7.19. The summed E-state index contributed by atoms with van der Waals surface area (Å²) in [5, 5.41) is 0. The van der Waals surface area contributed by atoms with Gasteiger partial charge >= 0.3 is 0 Å². The second-order valence-electron chi connectivity index (χ2n) is 7.19. The highest BCUT2D eigenvalue weighted by Crippen LogP contribution is 2.43. The molecule has 0 spiro atoms. The summed E-state index contributed by atoms with van der Waals surface area (Å²) in [5.41, 5.74) is 2.65. The molecule has 0 N–H and O–H groups in total. The first-order valence-electron chi connectivity index (χ1n) is 9.30. The predicted octanol–water partition coefficient (Wildman–Crippen LogP) is 5.43. The van der Waals surface area contributed by atoms with Gasteiger partial charge in [-0.05, 0) is 53.2 Å². The molecule has 1 heterocycles. The van der Waals surface area contributed by atoms with Crippen LogP contribution in [0.2, 0.25) is 0 Å². The maximum Gasteiger partial charge on any atom is 0.121 e. The molecule has 0 amide bonds. The van der Waals surface area contributed by atoms with Gasteiger partial charge < -0.3 is 14.5 Å². The zero-order valence-corrected chi connectivity index (χ0v) is 15.8. The van der Waals surface area contributed by atoms with E-state index in [1.165, 1.54) is 30.6 Å². The summed E-state index contributed by atoms with van der Waals surface area (Å²) in [7, 11) is 0. The third kappa shape index (κ3) is 3.94. The third-order valence-corrected chi connectivity index (χ3v) is 4.69. The predicted molar refractivity (Wildman–Crippen MR) is 101 cm³/mol. The molecule has 0 fully saturated rings. The van der Waals surface area contributed by atoms with Gasteiger partial charge in [0.15, 0.2) is 0 Å². The van der Waals surface area contributed by atoms with Crippen molar-refractivity contribution in [3.05, 3.63) is 18.2 Å². The molecule has 0 aliphatic carbocycles. The molecule has 1 aliphatic heterocycles. The zero-order valence-electron chi connectivity index (χ0n) is 15.8. The van der Waals surface area contributed by atoms with Gasteiger partial charge in [-0.25, -0.2) is 0 Å². The van der Waals surface area contributed by atoms with Crippen molar-refractivity contribution in [2.75, 3.05) is 16.4 Å². The summed E-state index contributed by atoms with van der Waals surface area (Å²) in [5.74, 6) is 1.00. The van der Waals surface area contributed by atoms with Crippen molar-refractivity contribution in [1.82, 2.24) is 0 Å². The molecule has 0 bridgehead atoms. The van der Waals surface area contributed by atoms with Gasteiger partial charge in [0.2, 0.25) is 0 Å². The van der Waals surface area contributed by atoms with Crippen molar-refractivity contribution in [2.24, 2.45) is 0 Å². The lowest BCUT2D eigenvalue weighted by Gasteiger charge is -2.35. The maximum atomic E-state index is 5.99. The Morgan fingerprint density at radius 1 is 0.957 bits per heavy atom. The lowest BCUT2D eigenvalue weighted by Crippen LogP contribution is -2.47. The van der Waals surface area contributed by atoms with E-state index in [0.717, 1.165) is 18.8 Å². The van der Waals surface area contributed by atoms with Gasteiger partial charge in [0.25, 0.3) is 0 Å². The monoisotopic (exact) mass is 318 g/mol. The van der Waals surface area contributed by atoms with Crippen LogP contribution >= 0.6 is 0 Å². The van der Waals surface area contributed by atoms with E-state index in [1.54, 1.807) is 0 Å². The standard InChI is InChI=1S/C20H34N2O/c1-7-8-9-10-13-23-18-11-12-19-20(14-18)22(16(4)5)17(6)21(19)15(2)3/h11-12,14-17H,7-10,13H2,1-6H3. The molecule has 130 valence electrons. The van der Waals surface area contributed by atoms with Crippen LogP contribution in [0.1, 0.15) is 67.2 Å². The average Bonchev–Trinajstić information content (AvgIpc) is 2.78. The summed E-state index contributed by atoms with van der Waals surface area (Å²) >= 11 is 0. The first-order valence-corrected chi connectivity index (χ1v) is 9.30. The van der Waals surface area contributed by atoms with Crippen LogP contribution in [0.25, 0.3) is 0 Å². The van der Waals surface area contributed by atoms with Crippen molar-refractivity contribution in [3.8, 4) is 5.75 Å². The summed E-state index contributed by atoms with van der Waals surface area (Å²) in [6, 6.07) is 7.56. The van der Waals surface area contributed by atoms with Gasteiger partial charge in [-0.2, -0.15) is 0 Å². The van der Waals surface area contributed by atoms with E-state index in [2.05, 4.69) is 69.5 Å². The fourth-order valence-corrected chi connectivity index (χ4v) is 3.69. The molecule has 1 aromatic carbocycles. The number of ether oxygens (including phenoxy) is 1. The van der Waals surface area contributed by atoms with E-state index >= 15 is 0 Å². The summed E-state index contributed by atoms with van der Waals surface area (Å²) in [6.07, 6.45) is 5.37. The molecule has 2 rings (SSSR count). The minimum absolute atomic E-state index is 0.393. The minimum Gasteiger partial charge on any atom is -0.494 e. The zero-order chi connectivity index (χ0) is 17.0. The van der Waals surface area contributed by atoms with E-state index in [1.807, 2.05) is 0 Å². The van der Waals surface area contributed by atoms with E-state index in [4.69, 9.17) is 4.74 Å². The van der Waals surface area contributed by atoms with Gasteiger partial charge in [-0.15, -0.1) is 0 Å². The number of unbranched alkanes of at least 4 members (excludes halogenated alkanes) is 3. The number of hydrogen-bond acceptors (Lipinski definition) is 3. The normalized spacial score (nSPS) is 17.3.